The van der Waals surface area contributed by atoms with E-state index < -0.39 is 6.10 Å². The Balaban J connectivity index is 1.40. The Kier molecular flexibility index (Phi) is 8.15. The first-order valence-corrected chi connectivity index (χ1v) is 10.8. The molecule has 3 amide bonds. The zero-order valence-corrected chi connectivity index (χ0v) is 17.3. The summed E-state index contributed by atoms with van der Waals surface area (Å²) >= 11 is 5.93. The van der Waals surface area contributed by atoms with E-state index in [1.54, 1.807) is 24.3 Å². The van der Waals surface area contributed by atoms with Gasteiger partial charge >= 0.3 is 6.03 Å². The summed E-state index contributed by atoms with van der Waals surface area (Å²) in [7, 11) is 0. The van der Waals surface area contributed by atoms with Crippen LogP contribution in [0.4, 0.5) is 10.5 Å². The van der Waals surface area contributed by atoms with E-state index in [-0.39, 0.29) is 36.6 Å². The number of benzene rings is 1. The average molecular weight is 424 g/mol. The van der Waals surface area contributed by atoms with Crippen LogP contribution >= 0.6 is 11.6 Å². The highest BCUT2D eigenvalue weighted by atomic mass is 35.5. The van der Waals surface area contributed by atoms with Crippen molar-refractivity contribution in [3.05, 3.63) is 29.3 Å². The van der Waals surface area contributed by atoms with Crippen molar-refractivity contribution in [2.75, 3.05) is 18.5 Å². The third-order valence-corrected chi connectivity index (χ3v) is 5.92. The molecule has 160 valence electrons. The van der Waals surface area contributed by atoms with Gasteiger partial charge in [0.05, 0.1) is 18.8 Å². The normalized spacial score (nSPS) is 24.8. The molecule has 1 aliphatic heterocycles. The molecule has 0 radical (unpaired) electrons. The maximum absolute atomic E-state index is 12.3. The van der Waals surface area contributed by atoms with Gasteiger partial charge in [-0.1, -0.05) is 30.5 Å². The zero-order chi connectivity index (χ0) is 20.6. The quantitative estimate of drug-likeness (QED) is 0.541. The maximum atomic E-state index is 12.3. The van der Waals surface area contributed by atoms with E-state index in [0.29, 0.717) is 30.1 Å². The fraction of sp³-hybridized carbons (Fsp3) is 0.619. The molecule has 2 aliphatic rings. The number of aliphatic hydroxyl groups excluding tert-OH is 1. The molecule has 0 spiro atoms. The molecule has 3 atom stereocenters. The van der Waals surface area contributed by atoms with Crippen LogP contribution < -0.4 is 16.0 Å². The van der Waals surface area contributed by atoms with Gasteiger partial charge in [0.2, 0.25) is 5.91 Å². The van der Waals surface area contributed by atoms with E-state index in [9.17, 15) is 14.7 Å². The van der Waals surface area contributed by atoms with Crippen LogP contribution in [0, 0.1) is 5.92 Å². The summed E-state index contributed by atoms with van der Waals surface area (Å²) in [6.45, 7) is 0.401. The largest absolute Gasteiger partial charge is 0.394 e. The first kappa shape index (κ1) is 21.9. The maximum Gasteiger partial charge on any atom is 0.319 e. The minimum Gasteiger partial charge on any atom is -0.394 e. The van der Waals surface area contributed by atoms with Gasteiger partial charge in [0.1, 0.15) is 6.10 Å². The van der Waals surface area contributed by atoms with Crippen LogP contribution in [0.25, 0.3) is 0 Å². The predicted molar refractivity (Wildman–Crippen MR) is 112 cm³/mol. The van der Waals surface area contributed by atoms with Gasteiger partial charge in [-0.05, 0) is 50.3 Å². The molecule has 0 aromatic heterocycles. The minimum absolute atomic E-state index is 0.0370. The number of amides is 3. The van der Waals surface area contributed by atoms with Gasteiger partial charge in [0.25, 0.3) is 0 Å². The molecule has 4 N–H and O–H groups in total. The second-order valence-electron chi connectivity index (χ2n) is 7.83. The molecule has 1 aromatic carbocycles. The van der Waals surface area contributed by atoms with Crippen LogP contribution in [0.5, 0.6) is 0 Å². The monoisotopic (exact) mass is 423 g/mol. The molecule has 0 unspecified atom stereocenters. The van der Waals surface area contributed by atoms with Crippen LogP contribution in [0.1, 0.15) is 44.9 Å². The van der Waals surface area contributed by atoms with E-state index in [0.717, 1.165) is 32.1 Å². The number of hydrogen-bond acceptors (Lipinski definition) is 4. The summed E-state index contributed by atoms with van der Waals surface area (Å²) in [4.78, 5) is 24.4. The number of nitrogens with one attached hydrogen (secondary N) is 3. The van der Waals surface area contributed by atoms with Crippen LogP contribution in [-0.2, 0) is 9.53 Å². The standard InChI is InChI=1S/C21H30ClN3O4/c22-15-6-3-7-16(12-15)24-21(28)25-18-9-8-17(29-19(18)13-26)10-11-23-20(27)14-4-1-2-5-14/h3,6-7,12,14,17-19,26H,1-2,4-5,8-11,13H2,(H,23,27)(H2,24,25,28)/t17-,18+,19-/m1/s1. The number of halogens is 1. The molecule has 1 heterocycles. The first-order chi connectivity index (χ1) is 14.0. The van der Waals surface area contributed by atoms with E-state index in [4.69, 9.17) is 16.3 Å². The highest BCUT2D eigenvalue weighted by Crippen LogP contribution is 2.25. The summed E-state index contributed by atoms with van der Waals surface area (Å²) in [6, 6.07) is 6.27. The number of urea groups is 1. The van der Waals surface area contributed by atoms with Crippen LogP contribution in [-0.4, -0.2) is 48.4 Å². The molecule has 0 bridgehead atoms. The van der Waals surface area contributed by atoms with Gasteiger partial charge in [0, 0.05) is 23.2 Å². The summed E-state index contributed by atoms with van der Waals surface area (Å²) in [6.07, 6.45) is 5.92. The highest BCUT2D eigenvalue weighted by Gasteiger charge is 2.32. The topological polar surface area (TPSA) is 99.7 Å². The van der Waals surface area contributed by atoms with Crippen molar-refractivity contribution >= 4 is 29.2 Å². The van der Waals surface area contributed by atoms with Gasteiger partial charge in [-0.3, -0.25) is 4.79 Å². The van der Waals surface area contributed by atoms with E-state index in [2.05, 4.69) is 16.0 Å². The number of anilines is 1. The first-order valence-electron chi connectivity index (χ1n) is 10.4. The van der Waals surface area contributed by atoms with Gasteiger partial charge < -0.3 is 25.8 Å². The van der Waals surface area contributed by atoms with Crippen molar-refractivity contribution in [2.24, 2.45) is 5.92 Å². The average Bonchev–Trinajstić information content (AvgIpc) is 3.24. The number of rotatable bonds is 7. The summed E-state index contributed by atoms with van der Waals surface area (Å²) < 4.78 is 5.96. The third-order valence-electron chi connectivity index (χ3n) is 5.69. The summed E-state index contributed by atoms with van der Waals surface area (Å²) in [5, 5.41) is 18.9. The smallest absolute Gasteiger partial charge is 0.319 e. The Hall–Kier alpha value is -1.83. The van der Waals surface area contributed by atoms with Crippen LogP contribution in [0.2, 0.25) is 5.02 Å². The minimum atomic E-state index is -0.468. The number of aliphatic hydroxyl groups is 1. The SMILES string of the molecule is O=C(Nc1cccc(Cl)c1)N[C@H]1CC[C@H](CCNC(=O)C2CCCC2)O[C@@H]1CO. The van der Waals surface area contributed by atoms with Crippen molar-refractivity contribution in [1.82, 2.24) is 10.6 Å². The van der Waals surface area contributed by atoms with Crippen LogP contribution in [0.3, 0.4) is 0 Å². The molecule has 29 heavy (non-hydrogen) atoms. The number of hydrogen-bond donors (Lipinski definition) is 4. The molecule has 1 saturated carbocycles. The molecule has 8 heteroatoms. The molecule has 3 rings (SSSR count). The molecular formula is C21H30ClN3O4. The lowest BCUT2D eigenvalue weighted by Gasteiger charge is -2.36. The number of ether oxygens (including phenoxy) is 1. The Bertz CT molecular complexity index is 696. The molecule has 1 aliphatic carbocycles. The molecule has 7 nitrogen and oxygen atoms in total. The lowest BCUT2D eigenvalue weighted by atomic mass is 9.97. The number of carbonyl (C=O) groups excluding carboxylic acids is 2. The second-order valence-corrected chi connectivity index (χ2v) is 8.27. The summed E-state index contributed by atoms with van der Waals surface area (Å²) in [5.74, 6) is 0.313. The van der Waals surface area contributed by atoms with Crippen molar-refractivity contribution < 1.29 is 19.4 Å². The summed E-state index contributed by atoms with van der Waals surface area (Å²) in [5.41, 5.74) is 0.600. The lowest BCUT2D eigenvalue weighted by molar-refractivity contribution is -0.125. The number of carbonyl (C=O) groups is 2. The van der Waals surface area contributed by atoms with E-state index in [1.165, 1.54) is 0 Å². The Morgan fingerprint density at radius 2 is 1.97 bits per heavy atom. The highest BCUT2D eigenvalue weighted by molar-refractivity contribution is 6.30. The fourth-order valence-electron chi connectivity index (χ4n) is 4.10. The van der Waals surface area contributed by atoms with E-state index >= 15 is 0 Å². The van der Waals surface area contributed by atoms with Crippen molar-refractivity contribution in [2.45, 2.75) is 63.2 Å². The third kappa shape index (κ3) is 6.59. The van der Waals surface area contributed by atoms with Gasteiger partial charge in [-0.15, -0.1) is 0 Å². The van der Waals surface area contributed by atoms with Gasteiger partial charge in [-0.2, -0.15) is 0 Å². The fourth-order valence-corrected chi connectivity index (χ4v) is 4.29. The van der Waals surface area contributed by atoms with Crippen molar-refractivity contribution in [3.63, 3.8) is 0 Å². The molecule has 2 fully saturated rings. The zero-order valence-electron chi connectivity index (χ0n) is 16.5. The van der Waals surface area contributed by atoms with Gasteiger partial charge in [0.15, 0.2) is 0 Å². The van der Waals surface area contributed by atoms with Gasteiger partial charge in [-0.25, -0.2) is 4.79 Å². The predicted octanol–water partition coefficient (Wildman–Crippen LogP) is 3.07. The van der Waals surface area contributed by atoms with Crippen molar-refractivity contribution in [1.29, 1.82) is 0 Å². The van der Waals surface area contributed by atoms with Crippen molar-refractivity contribution in [3.8, 4) is 0 Å². The molecule has 1 aromatic rings. The Morgan fingerprint density at radius 3 is 2.69 bits per heavy atom. The van der Waals surface area contributed by atoms with Crippen LogP contribution in [0.15, 0.2) is 24.3 Å². The van der Waals surface area contributed by atoms with E-state index in [1.807, 2.05) is 0 Å². The Morgan fingerprint density at radius 1 is 1.17 bits per heavy atom. The Labute approximate surface area is 176 Å². The molecular weight excluding hydrogens is 394 g/mol. The lowest BCUT2D eigenvalue weighted by Crippen LogP contribution is -2.52. The second kappa shape index (κ2) is 10.8. The molecule has 1 saturated heterocycles.